The Labute approximate surface area is 139 Å². The molecule has 2 heterocycles. The Morgan fingerprint density at radius 1 is 1.29 bits per heavy atom. The van der Waals surface area contributed by atoms with Crippen LogP contribution in [0.5, 0.6) is 0 Å². The van der Waals surface area contributed by atoms with Gasteiger partial charge in [0.05, 0.1) is 11.9 Å². The summed E-state index contributed by atoms with van der Waals surface area (Å²) < 4.78 is 1.72. The zero-order chi connectivity index (χ0) is 17.1. The number of rotatable bonds is 5. The van der Waals surface area contributed by atoms with Gasteiger partial charge < -0.3 is 10.2 Å². The predicted molar refractivity (Wildman–Crippen MR) is 93.1 cm³/mol. The first-order valence-electron chi connectivity index (χ1n) is 7.73. The summed E-state index contributed by atoms with van der Waals surface area (Å²) in [6.07, 6.45) is 4.57. The van der Waals surface area contributed by atoms with Crippen LogP contribution >= 0.6 is 0 Å². The summed E-state index contributed by atoms with van der Waals surface area (Å²) in [6.45, 7) is 1.55. The van der Waals surface area contributed by atoms with E-state index in [2.05, 4.69) is 20.3 Å². The van der Waals surface area contributed by atoms with Gasteiger partial charge in [-0.15, -0.1) is 5.10 Å². The summed E-state index contributed by atoms with van der Waals surface area (Å²) in [6, 6.07) is 5.67. The van der Waals surface area contributed by atoms with Crippen LogP contribution in [0.3, 0.4) is 0 Å². The number of nitrogens with zero attached hydrogens (tertiary/aromatic N) is 4. The van der Waals surface area contributed by atoms with E-state index in [-0.39, 0.29) is 23.7 Å². The van der Waals surface area contributed by atoms with Crippen molar-refractivity contribution in [3.05, 3.63) is 36.5 Å². The molecule has 0 bridgehead atoms. The number of hydrogen-bond donors (Lipinski definition) is 1. The highest BCUT2D eigenvalue weighted by Crippen LogP contribution is 2.30. The van der Waals surface area contributed by atoms with Gasteiger partial charge in [-0.2, -0.15) is 0 Å². The standard InChI is InChI=1S/C17H19N5O2/c1-21(2)10-8-18-17-16(14-5-3-4-9-22(14)20-17)19-13-7-6-12(23)11-15(13)24/h3-7,9H,8,10-11H2,1-2H3,(H,18,20). The molecule has 0 saturated heterocycles. The van der Waals surface area contributed by atoms with Gasteiger partial charge in [-0.3, -0.25) is 9.59 Å². The number of anilines is 1. The van der Waals surface area contributed by atoms with Crippen molar-refractivity contribution in [3.8, 4) is 0 Å². The molecule has 0 atom stereocenters. The largest absolute Gasteiger partial charge is 0.365 e. The van der Waals surface area contributed by atoms with E-state index in [1.54, 1.807) is 4.52 Å². The van der Waals surface area contributed by atoms with Gasteiger partial charge in [0.2, 0.25) is 0 Å². The average Bonchev–Trinajstić information content (AvgIpc) is 2.87. The first-order chi connectivity index (χ1) is 11.5. The SMILES string of the molecule is CN(C)CCNc1nn2ccccc2c1N=C1C=CC(=O)CC1=O. The second-order valence-corrected chi connectivity index (χ2v) is 5.85. The van der Waals surface area contributed by atoms with Crippen molar-refractivity contribution >= 4 is 34.3 Å². The molecule has 124 valence electrons. The molecule has 2 aromatic rings. The summed E-state index contributed by atoms with van der Waals surface area (Å²) in [5, 5.41) is 7.76. The maximum atomic E-state index is 12.0. The van der Waals surface area contributed by atoms with Crippen molar-refractivity contribution in [2.45, 2.75) is 6.42 Å². The quantitative estimate of drug-likeness (QED) is 0.842. The summed E-state index contributed by atoms with van der Waals surface area (Å²) >= 11 is 0. The molecular weight excluding hydrogens is 306 g/mol. The Bertz CT molecular complexity index is 848. The molecule has 0 fully saturated rings. The number of aromatic nitrogens is 2. The number of pyridine rings is 1. The summed E-state index contributed by atoms with van der Waals surface area (Å²) in [5.74, 6) is 0.161. The van der Waals surface area contributed by atoms with E-state index in [0.29, 0.717) is 18.1 Å². The highest BCUT2D eigenvalue weighted by Gasteiger charge is 2.20. The van der Waals surface area contributed by atoms with E-state index in [4.69, 9.17) is 0 Å². The molecule has 0 radical (unpaired) electrons. The minimum absolute atomic E-state index is 0.127. The van der Waals surface area contributed by atoms with E-state index < -0.39 is 0 Å². The zero-order valence-corrected chi connectivity index (χ0v) is 13.7. The number of ketones is 2. The fraction of sp³-hybridized carbons (Fsp3) is 0.294. The summed E-state index contributed by atoms with van der Waals surface area (Å²) in [4.78, 5) is 29.9. The smallest absolute Gasteiger partial charge is 0.188 e. The number of carbonyl (C=O) groups excluding carboxylic acids is 2. The number of likely N-dealkylation sites (N-methyl/N-ethyl adjacent to an activating group) is 1. The number of fused-ring (bicyclic) bond motifs is 1. The molecule has 0 amide bonds. The maximum Gasteiger partial charge on any atom is 0.188 e. The number of nitrogens with one attached hydrogen (secondary N) is 1. The van der Waals surface area contributed by atoms with Crippen LogP contribution in [-0.4, -0.2) is 59.0 Å². The van der Waals surface area contributed by atoms with Crippen LogP contribution in [-0.2, 0) is 9.59 Å². The highest BCUT2D eigenvalue weighted by molar-refractivity contribution is 6.50. The minimum atomic E-state index is -0.267. The summed E-state index contributed by atoms with van der Waals surface area (Å²) in [7, 11) is 3.99. The monoisotopic (exact) mass is 325 g/mol. The molecule has 0 aromatic carbocycles. The molecule has 0 saturated carbocycles. The Hall–Kier alpha value is -2.80. The van der Waals surface area contributed by atoms with Crippen LogP contribution in [0, 0.1) is 0 Å². The first-order valence-corrected chi connectivity index (χ1v) is 7.73. The van der Waals surface area contributed by atoms with Crippen molar-refractivity contribution < 1.29 is 9.59 Å². The number of hydrogen-bond acceptors (Lipinski definition) is 6. The van der Waals surface area contributed by atoms with Crippen molar-refractivity contribution in [2.24, 2.45) is 4.99 Å². The van der Waals surface area contributed by atoms with E-state index in [1.807, 2.05) is 38.5 Å². The average molecular weight is 325 g/mol. The molecule has 0 unspecified atom stereocenters. The van der Waals surface area contributed by atoms with Crippen LogP contribution in [0.25, 0.3) is 5.52 Å². The molecule has 0 spiro atoms. The lowest BCUT2D eigenvalue weighted by atomic mass is 10.0. The third-order valence-electron chi connectivity index (χ3n) is 3.65. The van der Waals surface area contributed by atoms with E-state index in [0.717, 1.165) is 12.1 Å². The maximum absolute atomic E-state index is 12.0. The zero-order valence-electron chi connectivity index (χ0n) is 13.7. The van der Waals surface area contributed by atoms with Crippen LogP contribution < -0.4 is 5.32 Å². The molecule has 7 heteroatoms. The number of allylic oxidation sites excluding steroid dienone is 2. The third-order valence-corrected chi connectivity index (χ3v) is 3.65. The number of aliphatic imine (C=N–C) groups is 1. The highest BCUT2D eigenvalue weighted by atomic mass is 16.1. The molecule has 24 heavy (non-hydrogen) atoms. The van der Waals surface area contributed by atoms with Gasteiger partial charge in [-0.1, -0.05) is 6.07 Å². The normalized spacial score (nSPS) is 16.5. The Balaban J connectivity index is 2.00. The van der Waals surface area contributed by atoms with Gasteiger partial charge in [-0.05, 0) is 38.4 Å². The van der Waals surface area contributed by atoms with Gasteiger partial charge in [0, 0.05) is 19.3 Å². The molecular formula is C17H19N5O2. The Morgan fingerprint density at radius 2 is 2.12 bits per heavy atom. The van der Waals surface area contributed by atoms with Gasteiger partial charge in [0.1, 0.15) is 11.4 Å². The second-order valence-electron chi connectivity index (χ2n) is 5.85. The lowest BCUT2D eigenvalue weighted by Crippen LogP contribution is -2.21. The van der Waals surface area contributed by atoms with Crippen LogP contribution in [0.4, 0.5) is 11.5 Å². The van der Waals surface area contributed by atoms with Crippen molar-refractivity contribution in [3.63, 3.8) is 0 Å². The van der Waals surface area contributed by atoms with Crippen molar-refractivity contribution in [1.82, 2.24) is 14.5 Å². The van der Waals surface area contributed by atoms with E-state index >= 15 is 0 Å². The molecule has 1 aliphatic rings. The minimum Gasteiger partial charge on any atom is -0.365 e. The first kappa shape index (κ1) is 16.1. The van der Waals surface area contributed by atoms with E-state index in [9.17, 15) is 9.59 Å². The molecule has 1 aliphatic carbocycles. The van der Waals surface area contributed by atoms with Crippen LogP contribution in [0.1, 0.15) is 6.42 Å². The fourth-order valence-corrected chi connectivity index (χ4v) is 2.41. The van der Waals surface area contributed by atoms with Crippen LogP contribution in [0.15, 0.2) is 41.5 Å². The molecule has 2 aromatic heterocycles. The molecule has 7 nitrogen and oxygen atoms in total. The Morgan fingerprint density at radius 3 is 2.88 bits per heavy atom. The van der Waals surface area contributed by atoms with Crippen LogP contribution in [0.2, 0.25) is 0 Å². The predicted octanol–water partition coefficient (Wildman–Crippen LogP) is 1.48. The third kappa shape index (κ3) is 3.41. The van der Waals surface area contributed by atoms with Gasteiger partial charge >= 0.3 is 0 Å². The lowest BCUT2D eigenvalue weighted by molar-refractivity contribution is -0.121. The van der Waals surface area contributed by atoms with Gasteiger partial charge in [0.25, 0.3) is 0 Å². The van der Waals surface area contributed by atoms with Gasteiger partial charge in [-0.25, -0.2) is 9.51 Å². The molecule has 1 N–H and O–H groups in total. The van der Waals surface area contributed by atoms with Gasteiger partial charge in [0.15, 0.2) is 17.4 Å². The Kier molecular flexibility index (Phi) is 4.52. The van der Waals surface area contributed by atoms with Crippen molar-refractivity contribution in [1.29, 1.82) is 0 Å². The number of carbonyl (C=O) groups is 2. The second kappa shape index (κ2) is 6.76. The number of Topliss-reactive ketones (excluding diaryl/α,β-unsaturated/α-hetero) is 1. The summed E-state index contributed by atoms with van der Waals surface area (Å²) in [5.41, 5.74) is 1.69. The topological polar surface area (TPSA) is 79.1 Å². The molecule has 0 aliphatic heterocycles. The fourth-order valence-electron chi connectivity index (χ4n) is 2.41. The van der Waals surface area contributed by atoms with Crippen molar-refractivity contribution in [2.75, 3.05) is 32.5 Å². The molecule has 3 rings (SSSR count). The lowest BCUT2D eigenvalue weighted by Gasteiger charge is -2.10. The van der Waals surface area contributed by atoms with E-state index in [1.165, 1.54) is 12.2 Å².